The number of benzene rings is 2. The molecule has 2 saturated heterocycles. The van der Waals surface area contributed by atoms with Crippen molar-refractivity contribution in [1.29, 1.82) is 0 Å². The summed E-state index contributed by atoms with van der Waals surface area (Å²) in [6, 6.07) is 15.3. The van der Waals surface area contributed by atoms with Crippen molar-refractivity contribution in [3.05, 3.63) is 65.2 Å². The third kappa shape index (κ3) is 3.89. The molecule has 2 heterocycles. The monoisotopic (exact) mass is 430 g/mol. The number of esters is 1. The molecule has 160 valence electrons. The molecule has 2 fully saturated rings. The molecular formula is C23H27ClN2O4. The van der Waals surface area contributed by atoms with Crippen LogP contribution in [0.15, 0.2) is 48.5 Å². The third-order valence-corrected chi connectivity index (χ3v) is 6.20. The van der Waals surface area contributed by atoms with Crippen LogP contribution in [-0.4, -0.2) is 62.6 Å². The Morgan fingerprint density at radius 3 is 2.23 bits per heavy atom. The Balaban J connectivity index is 0.00000256. The molecule has 2 aromatic rings. The van der Waals surface area contributed by atoms with Gasteiger partial charge in [-0.1, -0.05) is 24.3 Å². The molecule has 0 N–H and O–H groups in total. The average Bonchev–Trinajstić information content (AvgIpc) is 3.29. The standard InChI is InChI=1S/C23H26N2O4.ClH/c1-24-12-16-13-25(22(26)18-6-4-5-7-19(18)23(27)29-3)14-20(16)21(24)15-8-10-17(28-2)11-9-15;/h4-11,16,20-21H,12-14H2,1-3H3;1H/t16-,20+,21+;/m0./s1. The molecule has 6 nitrogen and oxygen atoms in total. The van der Waals surface area contributed by atoms with E-state index in [1.807, 2.05) is 17.0 Å². The molecule has 2 aliphatic rings. The van der Waals surface area contributed by atoms with Crippen molar-refractivity contribution in [3.63, 3.8) is 0 Å². The van der Waals surface area contributed by atoms with Gasteiger partial charge < -0.3 is 14.4 Å². The maximum atomic E-state index is 13.2. The second-order valence-corrected chi connectivity index (χ2v) is 7.83. The Hall–Kier alpha value is -2.57. The highest BCUT2D eigenvalue weighted by molar-refractivity contribution is 6.05. The molecule has 0 bridgehead atoms. The van der Waals surface area contributed by atoms with E-state index >= 15 is 0 Å². The third-order valence-electron chi connectivity index (χ3n) is 6.20. The van der Waals surface area contributed by atoms with E-state index in [-0.39, 0.29) is 24.4 Å². The highest BCUT2D eigenvalue weighted by Crippen LogP contribution is 2.44. The fraction of sp³-hybridized carbons (Fsp3) is 0.391. The zero-order valence-electron chi connectivity index (χ0n) is 17.4. The van der Waals surface area contributed by atoms with Crippen molar-refractivity contribution in [1.82, 2.24) is 9.80 Å². The Labute approximate surface area is 183 Å². The molecule has 3 atom stereocenters. The molecule has 30 heavy (non-hydrogen) atoms. The minimum Gasteiger partial charge on any atom is -0.497 e. The zero-order valence-corrected chi connectivity index (χ0v) is 18.2. The lowest BCUT2D eigenvalue weighted by Crippen LogP contribution is -2.34. The van der Waals surface area contributed by atoms with Gasteiger partial charge in [0, 0.05) is 31.6 Å². The zero-order chi connectivity index (χ0) is 20.5. The van der Waals surface area contributed by atoms with Crippen molar-refractivity contribution in [2.45, 2.75) is 6.04 Å². The number of hydrogen-bond donors (Lipinski definition) is 0. The summed E-state index contributed by atoms with van der Waals surface area (Å²) in [5.74, 6) is 1.04. The molecule has 0 aromatic heterocycles. The van der Waals surface area contributed by atoms with Crippen LogP contribution in [0.5, 0.6) is 5.75 Å². The van der Waals surface area contributed by atoms with Crippen LogP contribution in [0.4, 0.5) is 0 Å². The predicted octanol–water partition coefficient (Wildman–Crippen LogP) is 3.28. The van der Waals surface area contributed by atoms with Gasteiger partial charge in [0.25, 0.3) is 5.91 Å². The van der Waals surface area contributed by atoms with Crippen LogP contribution in [0.1, 0.15) is 32.3 Å². The largest absolute Gasteiger partial charge is 0.497 e. The molecule has 1 amide bonds. The normalized spacial score (nSPS) is 22.9. The summed E-state index contributed by atoms with van der Waals surface area (Å²) in [7, 11) is 5.14. The number of carbonyl (C=O) groups is 2. The Kier molecular flexibility index (Phi) is 6.68. The molecule has 7 heteroatoms. The number of methoxy groups -OCH3 is 2. The first kappa shape index (κ1) is 22.1. The van der Waals surface area contributed by atoms with Crippen LogP contribution in [-0.2, 0) is 4.74 Å². The number of rotatable bonds is 4. The van der Waals surface area contributed by atoms with Gasteiger partial charge in [-0.2, -0.15) is 0 Å². The summed E-state index contributed by atoms with van der Waals surface area (Å²) in [5, 5.41) is 0. The molecule has 4 rings (SSSR count). The highest BCUT2D eigenvalue weighted by atomic mass is 35.5. The van der Waals surface area contributed by atoms with E-state index in [0.717, 1.165) is 12.3 Å². The lowest BCUT2D eigenvalue weighted by atomic mass is 9.89. The number of nitrogens with zero attached hydrogens (tertiary/aromatic N) is 2. The molecule has 0 saturated carbocycles. The Morgan fingerprint density at radius 1 is 0.933 bits per heavy atom. The van der Waals surface area contributed by atoms with Gasteiger partial charge in [-0.15, -0.1) is 12.4 Å². The van der Waals surface area contributed by atoms with E-state index in [9.17, 15) is 9.59 Å². The van der Waals surface area contributed by atoms with E-state index < -0.39 is 5.97 Å². The van der Waals surface area contributed by atoms with Gasteiger partial charge in [0.05, 0.1) is 25.3 Å². The first-order valence-corrected chi connectivity index (χ1v) is 9.84. The fourth-order valence-electron chi connectivity index (χ4n) is 4.85. The maximum absolute atomic E-state index is 13.2. The molecule has 2 aliphatic heterocycles. The Bertz CT molecular complexity index is 918. The van der Waals surface area contributed by atoms with Gasteiger partial charge in [-0.3, -0.25) is 9.69 Å². The topological polar surface area (TPSA) is 59.1 Å². The van der Waals surface area contributed by atoms with Crippen molar-refractivity contribution < 1.29 is 19.1 Å². The second kappa shape index (κ2) is 9.06. The van der Waals surface area contributed by atoms with Crippen molar-refractivity contribution in [3.8, 4) is 5.75 Å². The molecule has 2 aromatic carbocycles. The minimum absolute atomic E-state index is 0. The van der Waals surface area contributed by atoms with Gasteiger partial charge >= 0.3 is 5.97 Å². The summed E-state index contributed by atoms with van der Waals surface area (Å²) in [4.78, 5) is 29.6. The summed E-state index contributed by atoms with van der Waals surface area (Å²) in [5.41, 5.74) is 1.97. The Morgan fingerprint density at radius 2 is 1.60 bits per heavy atom. The number of likely N-dealkylation sites (tertiary alicyclic amines) is 2. The van der Waals surface area contributed by atoms with E-state index in [4.69, 9.17) is 9.47 Å². The quantitative estimate of drug-likeness (QED) is 0.697. The number of ether oxygens (including phenoxy) is 2. The lowest BCUT2D eigenvalue weighted by molar-refractivity contribution is 0.0591. The molecule has 0 aliphatic carbocycles. The fourth-order valence-corrected chi connectivity index (χ4v) is 4.85. The van der Waals surface area contributed by atoms with Crippen LogP contribution in [0.2, 0.25) is 0 Å². The maximum Gasteiger partial charge on any atom is 0.338 e. The van der Waals surface area contributed by atoms with Crippen molar-refractivity contribution in [2.24, 2.45) is 11.8 Å². The smallest absolute Gasteiger partial charge is 0.338 e. The van der Waals surface area contributed by atoms with Crippen LogP contribution < -0.4 is 4.74 Å². The van der Waals surface area contributed by atoms with Crippen LogP contribution in [0.25, 0.3) is 0 Å². The second-order valence-electron chi connectivity index (χ2n) is 7.83. The van der Waals surface area contributed by atoms with E-state index in [1.165, 1.54) is 12.7 Å². The summed E-state index contributed by atoms with van der Waals surface area (Å²) in [6.45, 7) is 2.33. The average molecular weight is 431 g/mol. The van der Waals surface area contributed by atoms with E-state index in [0.29, 0.717) is 36.1 Å². The van der Waals surface area contributed by atoms with Gasteiger partial charge in [0.2, 0.25) is 0 Å². The van der Waals surface area contributed by atoms with Crippen molar-refractivity contribution in [2.75, 3.05) is 40.9 Å². The van der Waals surface area contributed by atoms with E-state index in [2.05, 4.69) is 24.1 Å². The molecular weight excluding hydrogens is 404 g/mol. The number of hydrogen-bond acceptors (Lipinski definition) is 5. The van der Waals surface area contributed by atoms with Crippen LogP contribution in [0, 0.1) is 11.8 Å². The van der Waals surface area contributed by atoms with Gasteiger partial charge in [0.15, 0.2) is 0 Å². The van der Waals surface area contributed by atoms with Gasteiger partial charge in [-0.25, -0.2) is 4.79 Å². The predicted molar refractivity (Wildman–Crippen MR) is 116 cm³/mol. The number of halogens is 1. The molecule has 0 unspecified atom stereocenters. The highest BCUT2D eigenvalue weighted by Gasteiger charge is 2.47. The van der Waals surface area contributed by atoms with Gasteiger partial charge in [0.1, 0.15) is 5.75 Å². The SMILES string of the molecule is COC(=O)c1ccccc1C(=O)N1C[C@@H]2CN(C)[C@H](c3ccc(OC)cc3)[C@@H]2C1.Cl. The van der Waals surface area contributed by atoms with Crippen LogP contribution in [0.3, 0.4) is 0 Å². The summed E-state index contributed by atoms with van der Waals surface area (Å²) < 4.78 is 10.1. The number of carbonyl (C=O) groups excluding carboxylic acids is 2. The summed E-state index contributed by atoms with van der Waals surface area (Å²) in [6.07, 6.45) is 0. The van der Waals surface area contributed by atoms with Gasteiger partial charge in [-0.05, 0) is 42.8 Å². The number of fused-ring (bicyclic) bond motifs is 1. The van der Waals surface area contributed by atoms with Crippen LogP contribution >= 0.6 is 12.4 Å². The number of amides is 1. The molecule has 0 spiro atoms. The lowest BCUT2D eigenvalue weighted by Gasteiger charge is -2.27. The minimum atomic E-state index is -0.482. The van der Waals surface area contributed by atoms with E-state index in [1.54, 1.807) is 31.4 Å². The molecule has 0 radical (unpaired) electrons. The first-order chi connectivity index (χ1) is 14.0. The van der Waals surface area contributed by atoms with Crippen molar-refractivity contribution >= 4 is 24.3 Å². The summed E-state index contributed by atoms with van der Waals surface area (Å²) >= 11 is 0. The first-order valence-electron chi connectivity index (χ1n) is 9.84.